The molecule has 1 aliphatic heterocycles. The van der Waals surface area contributed by atoms with Gasteiger partial charge in [0.2, 0.25) is 5.62 Å². The van der Waals surface area contributed by atoms with Crippen LogP contribution in [0.2, 0.25) is 0 Å². The van der Waals surface area contributed by atoms with Gasteiger partial charge in [0.25, 0.3) is 0 Å². The van der Waals surface area contributed by atoms with Gasteiger partial charge in [0, 0.05) is 12.4 Å². The Bertz CT molecular complexity index is 191. The topological polar surface area (TPSA) is 39.4 Å². The Labute approximate surface area is 57.9 Å². The van der Waals surface area contributed by atoms with Crippen LogP contribution in [0.15, 0.2) is 17.3 Å². The van der Waals surface area contributed by atoms with Crippen LogP contribution in [0.5, 0.6) is 0 Å². The van der Waals surface area contributed by atoms with E-state index in [1.54, 1.807) is 18.5 Å². The number of rotatable bonds is 0. The maximum absolute atomic E-state index is 8.33. The largest absolute Gasteiger partial charge is 0.252 e. The van der Waals surface area contributed by atoms with Gasteiger partial charge in [-0.25, -0.2) is 4.90 Å². The summed E-state index contributed by atoms with van der Waals surface area (Å²) in [7, 11) is 0. The summed E-state index contributed by atoms with van der Waals surface area (Å²) in [5.41, 5.74) is -0.556. The van der Waals surface area contributed by atoms with E-state index in [4.69, 9.17) is 16.9 Å². The van der Waals surface area contributed by atoms with Crippen molar-refractivity contribution in [1.82, 2.24) is 4.90 Å². The van der Waals surface area contributed by atoms with Crippen LogP contribution >= 0.6 is 11.6 Å². The van der Waals surface area contributed by atoms with Crippen LogP contribution in [0.3, 0.4) is 0 Å². The molecule has 0 saturated carbocycles. The standard InChI is InChI=1S/C5H4ClN3/c6-5-8-2-1-3-9(5)4-7/h1-3,5H. The number of alkyl halides is 1. The van der Waals surface area contributed by atoms with Crippen molar-refractivity contribution in [2.24, 2.45) is 4.99 Å². The average molecular weight is 142 g/mol. The predicted molar refractivity (Wildman–Crippen MR) is 34.7 cm³/mol. The Kier molecular flexibility index (Phi) is 1.71. The number of aliphatic imine (C=N–C) groups is 1. The van der Waals surface area contributed by atoms with Crippen LogP contribution < -0.4 is 0 Å². The van der Waals surface area contributed by atoms with Gasteiger partial charge >= 0.3 is 0 Å². The molecule has 1 atom stereocenters. The molecule has 0 radical (unpaired) electrons. The van der Waals surface area contributed by atoms with Crippen LogP contribution in [0.1, 0.15) is 0 Å². The highest BCUT2D eigenvalue weighted by Crippen LogP contribution is 2.07. The second-order valence-electron chi connectivity index (χ2n) is 1.46. The molecular formula is C5H4ClN3. The minimum atomic E-state index is -0.556. The zero-order valence-corrected chi connectivity index (χ0v) is 5.28. The molecule has 0 aliphatic carbocycles. The Morgan fingerprint density at radius 1 is 1.78 bits per heavy atom. The van der Waals surface area contributed by atoms with Gasteiger partial charge in [-0.1, -0.05) is 11.6 Å². The van der Waals surface area contributed by atoms with Crippen molar-refractivity contribution in [2.45, 2.75) is 5.62 Å². The molecule has 0 amide bonds. The molecule has 0 N–H and O–H groups in total. The van der Waals surface area contributed by atoms with Crippen LogP contribution in [0.4, 0.5) is 0 Å². The van der Waals surface area contributed by atoms with Gasteiger partial charge < -0.3 is 0 Å². The van der Waals surface area contributed by atoms with E-state index in [9.17, 15) is 0 Å². The monoisotopic (exact) mass is 141 g/mol. The molecule has 1 heterocycles. The molecule has 3 nitrogen and oxygen atoms in total. The van der Waals surface area contributed by atoms with E-state index in [0.717, 1.165) is 0 Å². The molecule has 0 spiro atoms. The van der Waals surface area contributed by atoms with Gasteiger partial charge in [-0.2, -0.15) is 5.26 Å². The first-order valence-corrected chi connectivity index (χ1v) is 2.80. The van der Waals surface area contributed by atoms with Gasteiger partial charge in [0.1, 0.15) is 0 Å². The molecule has 0 bridgehead atoms. The van der Waals surface area contributed by atoms with E-state index in [-0.39, 0.29) is 0 Å². The van der Waals surface area contributed by atoms with E-state index < -0.39 is 5.62 Å². The maximum atomic E-state index is 8.33. The Morgan fingerprint density at radius 2 is 2.56 bits per heavy atom. The quantitative estimate of drug-likeness (QED) is 0.286. The zero-order valence-electron chi connectivity index (χ0n) is 4.53. The molecule has 1 rings (SSSR count). The maximum Gasteiger partial charge on any atom is 0.209 e. The lowest BCUT2D eigenvalue weighted by Crippen LogP contribution is -2.20. The summed E-state index contributed by atoms with van der Waals surface area (Å²) in [4.78, 5) is 4.99. The van der Waals surface area contributed by atoms with Crippen LogP contribution in [-0.4, -0.2) is 16.7 Å². The molecule has 9 heavy (non-hydrogen) atoms. The van der Waals surface area contributed by atoms with E-state index in [1.165, 1.54) is 4.90 Å². The Morgan fingerprint density at radius 3 is 3.00 bits per heavy atom. The second-order valence-corrected chi connectivity index (χ2v) is 1.85. The van der Waals surface area contributed by atoms with E-state index in [2.05, 4.69) is 4.99 Å². The third-order valence-electron chi connectivity index (χ3n) is 0.887. The summed E-state index contributed by atoms with van der Waals surface area (Å²) in [6, 6.07) is 0. The molecule has 0 aromatic heterocycles. The summed E-state index contributed by atoms with van der Waals surface area (Å²) in [5.74, 6) is 0. The van der Waals surface area contributed by atoms with Crippen molar-refractivity contribution in [3.63, 3.8) is 0 Å². The van der Waals surface area contributed by atoms with Gasteiger partial charge in [0.15, 0.2) is 6.19 Å². The lowest BCUT2D eigenvalue weighted by molar-refractivity contribution is 0.492. The summed E-state index contributed by atoms with van der Waals surface area (Å²) in [5, 5.41) is 8.33. The minimum Gasteiger partial charge on any atom is -0.252 e. The fraction of sp³-hybridized carbons (Fsp3) is 0.200. The van der Waals surface area contributed by atoms with Crippen LogP contribution in [-0.2, 0) is 0 Å². The summed E-state index contributed by atoms with van der Waals surface area (Å²) < 4.78 is 0. The highest BCUT2D eigenvalue weighted by molar-refractivity contribution is 6.20. The Balaban J connectivity index is 2.68. The van der Waals surface area contributed by atoms with E-state index in [1.807, 2.05) is 6.19 Å². The molecule has 0 fully saturated rings. The van der Waals surface area contributed by atoms with Gasteiger partial charge in [-0.15, -0.1) is 0 Å². The van der Waals surface area contributed by atoms with Gasteiger partial charge in [-0.3, -0.25) is 4.99 Å². The normalized spacial score (nSPS) is 24.0. The summed E-state index contributed by atoms with van der Waals surface area (Å²) in [6.45, 7) is 0. The third kappa shape index (κ3) is 1.21. The number of nitriles is 1. The molecule has 1 unspecified atom stereocenters. The Hall–Kier alpha value is -1.01. The van der Waals surface area contributed by atoms with Crippen molar-refractivity contribution < 1.29 is 0 Å². The minimum absolute atomic E-state index is 0.556. The van der Waals surface area contributed by atoms with E-state index >= 15 is 0 Å². The summed E-state index contributed by atoms with van der Waals surface area (Å²) in [6.07, 6.45) is 6.64. The lowest BCUT2D eigenvalue weighted by Gasteiger charge is -2.14. The van der Waals surface area contributed by atoms with Crippen molar-refractivity contribution in [3.05, 3.63) is 12.3 Å². The van der Waals surface area contributed by atoms with Gasteiger partial charge in [0.05, 0.1) is 0 Å². The number of hydrogen-bond acceptors (Lipinski definition) is 3. The smallest absolute Gasteiger partial charge is 0.209 e. The number of allylic oxidation sites excluding steroid dienone is 1. The van der Waals surface area contributed by atoms with Crippen molar-refractivity contribution >= 4 is 17.8 Å². The molecule has 4 heteroatoms. The molecule has 1 aliphatic rings. The first-order chi connectivity index (χ1) is 4.34. The first-order valence-electron chi connectivity index (χ1n) is 2.36. The molecule has 46 valence electrons. The second kappa shape index (κ2) is 2.51. The van der Waals surface area contributed by atoms with Crippen molar-refractivity contribution in [3.8, 4) is 6.19 Å². The molecular weight excluding hydrogens is 138 g/mol. The highest BCUT2D eigenvalue weighted by Gasteiger charge is 2.09. The first kappa shape index (κ1) is 6.12. The fourth-order valence-electron chi connectivity index (χ4n) is 0.476. The highest BCUT2D eigenvalue weighted by atomic mass is 35.5. The van der Waals surface area contributed by atoms with Crippen molar-refractivity contribution in [2.75, 3.05) is 0 Å². The van der Waals surface area contributed by atoms with E-state index in [0.29, 0.717) is 0 Å². The zero-order chi connectivity index (χ0) is 6.69. The predicted octanol–water partition coefficient (Wildman–Crippen LogP) is 0.890. The molecule has 0 aromatic carbocycles. The van der Waals surface area contributed by atoms with Crippen LogP contribution in [0.25, 0.3) is 0 Å². The number of nitrogens with zero attached hydrogens (tertiary/aromatic N) is 3. The number of halogens is 1. The SMILES string of the molecule is N#CN1C=CC=NC1Cl. The molecule has 0 aromatic rings. The summed E-state index contributed by atoms with van der Waals surface area (Å²) >= 11 is 5.54. The average Bonchev–Trinajstić information content (AvgIpc) is 1.89. The number of hydrogen-bond donors (Lipinski definition) is 0. The molecule has 0 saturated heterocycles. The van der Waals surface area contributed by atoms with Gasteiger partial charge in [-0.05, 0) is 6.08 Å². The van der Waals surface area contributed by atoms with Crippen LogP contribution in [0, 0.1) is 11.5 Å². The lowest BCUT2D eigenvalue weighted by atomic mass is 10.5. The van der Waals surface area contributed by atoms with Crippen molar-refractivity contribution in [1.29, 1.82) is 5.26 Å². The fourth-order valence-corrected chi connectivity index (χ4v) is 0.650. The third-order valence-corrected chi connectivity index (χ3v) is 1.21.